The Morgan fingerprint density at radius 2 is 1.50 bits per heavy atom. The van der Waals surface area contributed by atoms with E-state index >= 15 is 0 Å². The van der Waals surface area contributed by atoms with Crippen LogP contribution in [0.15, 0.2) is 141 Å². The number of morpholine rings is 1. The van der Waals surface area contributed by atoms with Crippen LogP contribution in [0.3, 0.4) is 0 Å². The molecule has 0 bridgehead atoms. The van der Waals surface area contributed by atoms with Crippen LogP contribution < -0.4 is 25.6 Å². The molecular weight excluding hydrogens is 1580 g/mol. The number of sulfonamides is 1. The van der Waals surface area contributed by atoms with Crippen molar-refractivity contribution in [2.45, 2.75) is 175 Å². The molecule has 622 valence electrons. The van der Waals surface area contributed by atoms with Gasteiger partial charge in [0.05, 0.1) is 71.2 Å². The van der Waals surface area contributed by atoms with Gasteiger partial charge in [0.1, 0.15) is 17.1 Å². The summed E-state index contributed by atoms with van der Waals surface area (Å²) in [5, 5.41) is 20.5. The zero-order valence-corrected chi connectivity index (χ0v) is 70.3. The number of sulfone groups is 1. The van der Waals surface area contributed by atoms with Crippen LogP contribution >= 0.6 is 34.7 Å². The van der Waals surface area contributed by atoms with Crippen molar-refractivity contribution in [3.05, 3.63) is 159 Å². The monoisotopic (exact) mass is 1680 g/mol. The molecular formula is C84H107ClF3N11O12S4. The summed E-state index contributed by atoms with van der Waals surface area (Å²) in [6, 6.07) is 30.8. The van der Waals surface area contributed by atoms with E-state index in [1.54, 1.807) is 29.0 Å². The van der Waals surface area contributed by atoms with Crippen molar-refractivity contribution in [3.63, 3.8) is 0 Å². The molecule has 0 radical (unpaired) electrons. The lowest BCUT2D eigenvalue weighted by Gasteiger charge is -2.45. The van der Waals surface area contributed by atoms with Gasteiger partial charge in [-0.2, -0.15) is 13.2 Å². The Morgan fingerprint density at radius 1 is 0.800 bits per heavy atom. The number of thioether (sulfide) groups is 1. The topological polar surface area (TPSA) is 273 Å². The number of ether oxygens (including phenoxy) is 2. The van der Waals surface area contributed by atoms with E-state index in [0.717, 1.165) is 108 Å². The maximum atomic E-state index is 14.5. The number of hydrogen-bond acceptors (Lipinski definition) is 20. The third kappa shape index (κ3) is 22.3. The predicted molar refractivity (Wildman–Crippen MR) is 442 cm³/mol. The molecule has 6 aromatic rings. The number of unbranched alkanes of at least 4 members (excludes halogenated alkanes) is 3. The van der Waals surface area contributed by atoms with Gasteiger partial charge in [-0.1, -0.05) is 112 Å². The number of anilines is 2. The van der Waals surface area contributed by atoms with Gasteiger partial charge in [0.15, 0.2) is 0 Å². The van der Waals surface area contributed by atoms with E-state index in [1.165, 1.54) is 33.9 Å². The Labute approximate surface area is 686 Å². The second-order valence-corrected chi connectivity index (χ2v) is 38.7. The lowest BCUT2D eigenvalue weighted by molar-refractivity contribution is -0.141. The van der Waals surface area contributed by atoms with E-state index in [1.807, 2.05) is 111 Å². The van der Waals surface area contributed by atoms with E-state index in [4.69, 9.17) is 21.1 Å². The second-order valence-electron chi connectivity index (χ2n) is 32.7. The van der Waals surface area contributed by atoms with Crippen molar-refractivity contribution in [2.24, 2.45) is 10.8 Å². The first kappa shape index (κ1) is 86.8. The minimum atomic E-state index is -6.13. The van der Waals surface area contributed by atoms with Crippen molar-refractivity contribution < 1.29 is 68.6 Å². The molecule has 12 rings (SSSR count). The van der Waals surface area contributed by atoms with Crippen molar-refractivity contribution >= 4 is 101 Å². The average molecular weight is 1680 g/mol. The van der Waals surface area contributed by atoms with Crippen LogP contribution in [-0.2, 0) is 55.1 Å². The largest absolute Gasteiger partial charge is 0.501 e. The maximum absolute atomic E-state index is 14.5. The number of aromatic nitrogens is 1. The fourth-order valence-corrected chi connectivity index (χ4v) is 20.4. The standard InChI is InChI=1S/C84H107ClF3N11O12S4/c1-56(58-18-20-60(21-19-58)77-57(2)89-55-113-77)79(103)91-74-45-67(100)50-99(74)81(105)78(82(3,4)5)92-75(101)16-12-7-8-13-17-76(102)97-37-34-95(35-38-97)54-83(6)32-30-70(59-22-25-64(85)26-23-59)63(47-83)48-96-36-39-98-66(49-96)52-111-51-62-44-61(24-29-72(62)98)80(104)93-115(108,109)69-27-28-71(73(46-69)114(106,107)84(86,87)88)90-65(31-33-94-40-42-110-43-41-94)53-112-68-14-10-9-11-15-68/h9-11,14-15,18-29,44,46,55-56,65-67,74,78,90,100H,7-8,12-13,16-17,30-43,45,47-54H2,1-6H3,(H,91,103)(H,92,101)(H,93,104)/t56-,65+,66+,67+,74-,78+,83+/m0/s1. The Bertz CT molecular complexity index is 4680. The number of β-amino-alcohol motifs (C(OH)–C–C–N with tert-alkyl or cyclic N) is 1. The first-order valence-electron chi connectivity index (χ1n) is 39.8. The number of benzene rings is 5. The zero-order valence-electron chi connectivity index (χ0n) is 66.2. The Balaban J connectivity index is 0.602. The number of piperazine rings is 2. The normalized spacial score (nSPS) is 21.0. The fourth-order valence-electron chi connectivity index (χ4n) is 16.4. The number of carbonyl (C=O) groups excluding carboxylic acids is 5. The van der Waals surface area contributed by atoms with Gasteiger partial charge in [0, 0.05) is 143 Å². The molecule has 0 spiro atoms. The first-order chi connectivity index (χ1) is 54.8. The molecule has 4 saturated heterocycles. The van der Waals surface area contributed by atoms with Gasteiger partial charge in [0.2, 0.25) is 23.6 Å². The lowest BCUT2D eigenvalue weighted by Crippen LogP contribution is -2.58. The first-order valence-corrected chi connectivity index (χ1v) is 45.0. The predicted octanol–water partition coefficient (Wildman–Crippen LogP) is 12.0. The lowest BCUT2D eigenvalue weighted by atomic mass is 9.71. The number of aliphatic hydroxyl groups excluding tert-OH is 1. The summed E-state index contributed by atoms with van der Waals surface area (Å²) in [6.07, 6.45) is 5.10. The number of likely N-dealkylation sites (tertiary alicyclic amines) is 1. The number of thiazole rings is 1. The summed E-state index contributed by atoms with van der Waals surface area (Å²) in [5.74, 6) is -2.05. The molecule has 6 aliphatic rings. The van der Waals surface area contributed by atoms with Gasteiger partial charge in [-0.15, -0.1) is 23.1 Å². The highest BCUT2D eigenvalue weighted by molar-refractivity contribution is 7.99. The van der Waals surface area contributed by atoms with Crippen LogP contribution in [0.5, 0.6) is 0 Å². The van der Waals surface area contributed by atoms with E-state index in [2.05, 4.69) is 59.6 Å². The minimum absolute atomic E-state index is 0.0255. The molecule has 0 unspecified atom stereocenters. The SMILES string of the molecule is Cc1ncsc1-c1ccc([C@H](C)C(=O)N[C@@H]2C[C@@H](O)CN2C(=O)[C@@H](NC(=O)CCCCCCC(=O)N2CCN(C[C@]3(C)CCC(c4ccc(Cl)cc4)=C(CN4CCN5c6ccc(C(=O)NS(=O)(=O)c7ccc(N[C@H](CCN8CCOCC8)CSc8ccccc8)c(S(=O)(=O)C(F)(F)F)c7)cc6COC[C@H]5C4)C3)CC2)C(C)(C)C)cc1. The number of nitrogens with one attached hydrogen (secondary N) is 4. The number of halogens is 4. The number of aliphatic hydroxyl groups is 1. The third-order valence-corrected chi connectivity index (χ3v) is 28.2. The van der Waals surface area contributed by atoms with Gasteiger partial charge in [-0.3, -0.25) is 38.7 Å². The number of fused-ring (bicyclic) bond motifs is 3. The van der Waals surface area contributed by atoms with Crippen molar-refractivity contribution in [1.29, 1.82) is 0 Å². The summed E-state index contributed by atoms with van der Waals surface area (Å²) in [4.78, 5) is 86.2. The van der Waals surface area contributed by atoms with Gasteiger partial charge in [0.25, 0.3) is 25.8 Å². The number of rotatable bonds is 30. The third-order valence-electron chi connectivity index (χ3n) is 23.0. The Kier molecular flexibility index (Phi) is 28.7. The van der Waals surface area contributed by atoms with Gasteiger partial charge < -0.3 is 45.2 Å². The summed E-state index contributed by atoms with van der Waals surface area (Å²) in [7, 11) is -11.1. The Morgan fingerprint density at radius 3 is 2.20 bits per heavy atom. The summed E-state index contributed by atoms with van der Waals surface area (Å²) < 4.78 is 112. The van der Waals surface area contributed by atoms with E-state index < -0.39 is 82.4 Å². The van der Waals surface area contributed by atoms with Crippen LogP contribution in [0.25, 0.3) is 16.0 Å². The highest BCUT2D eigenvalue weighted by Gasteiger charge is 2.49. The number of hydrogen-bond donors (Lipinski definition) is 5. The average Bonchev–Trinajstić information content (AvgIpc) is 1.68. The fraction of sp³-hybridized carbons (Fsp3) is 0.524. The van der Waals surface area contributed by atoms with E-state index in [0.29, 0.717) is 120 Å². The van der Waals surface area contributed by atoms with E-state index in [9.17, 15) is 59.1 Å². The second kappa shape index (κ2) is 38.1. The molecule has 0 saturated carbocycles. The summed E-state index contributed by atoms with van der Waals surface area (Å²) >= 11 is 9.43. The van der Waals surface area contributed by atoms with Gasteiger partial charge in [-0.25, -0.2) is 26.5 Å². The molecule has 1 aromatic heterocycles. The molecule has 7 atom stereocenters. The van der Waals surface area contributed by atoms with Crippen molar-refractivity contribution in [2.75, 3.05) is 121 Å². The van der Waals surface area contributed by atoms with Gasteiger partial charge >= 0.3 is 5.51 Å². The number of allylic oxidation sites excluding steroid dienone is 1. The number of alkyl halides is 3. The molecule has 23 nitrogen and oxygen atoms in total. The number of nitrogens with zero attached hydrogens (tertiary/aromatic N) is 7. The molecule has 6 heterocycles. The van der Waals surface area contributed by atoms with Crippen LogP contribution in [0.4, 0.5) is 24.5 Å². The Hall–Kier alpha value is -7.49. The molecule has 4 fully saturated rings. The van der Waals surface area contributed by atoms with E-state index in [-0.39, 0.29) is 66.6 Å². The molecule has 5 aliphatic heterocycles. The van der Waals surface area contributed by atoms with Gasteiger partial charge in [-0.05, 0) is 146 Å². The molecule has 31 heteroatoms. The summed E-state index contributed by atoms with van der Waals surface area (Å²) in [5.41, 5.74) is 2.82. The van der Waals surface area contributed by atoms with Crippen molar-refractivity contribution in [1.82, 2.24) is 44.8 Å². The highest BCUT2D eigenvalue weighted by atomic mass is 35.5. The molecule has 1 aliphatic carbocycles. The molecule has 5 amide bonds. The smallest absolute Gasteiger partial charge is 0.391 e. The van der Waals surface area contributed by atoms with Crippen LogP contribution in [0, 0.1) is 17.8 Å². The van der Waals surface area contributed by atoms with Crippen LogP contribution in [0.1, 0.15) is 144 Å². The molecule has 5 aromatic carbocycles. The van der Waals surface area contributed by atoms with Crippen LogP contribution in [-0.4, -0.2) is 228 Å². The number of aryl methyl sites for hydroxylation is 1. The van der Waals surface area contributed by atoms with Crippen LogP contribution in [0.2, 0.25) is 5.02 Å². The van der Waals surface area contributed by atoms with Crippen molar-refractivity contribution in [3.8, 4) is 10.4 Å². The zero-order chi connectivity index (χ0) is 82.0. The molecule has 5 N–H and O–H groups in total. The molecule has 115 heavy (non-hydrogen) atoms. The minimum Gasteiger partial charge on any atom is -0.391 e. The number of carbonyl (C=O) groups is 5. The highest BCUT2D eigenvalue weighted by Crippen LogP contribution is 2.45. The maximum Gasteiger partial charge on any atom is 0.501 e. The number of amides is 5. The quantitative estimate of drug-likeness (QED) is 0.0207. The summed E-state index contributed by atoms with van der Waals surface area (Å²) in [6.45, 7) is 21.5.